The summed E-state index contributed by atoms with van der Waals surface area (Å²) in [5.41, 5.74) is 1.58. The minimum atomic E-state index is -3.86. The Morgan fingerprint density at radius 3 is 2.14 bits per heavy atom. The lowest BCUT2D eigenvalue weighted by atomic mass is 10.0. The van der Waals surface area contributed by atoms with Crippen LogP contribution < -0.4 is 14.8 Å². The second kappa shape index (κ2) is 9.80. The zero-order valence-corrected chi connectivity index (χ0v) is 17.2. The maximum absolute atomic E-state index is 12.6. The van der Waals surface area contributed by atoms with Gasteiger partial charge in [0.25, 0.3) is 0 Å². The molecule has 2 rings (SSSR count). The molecule has 158 valence electrons. The van der Waals surface area contributed by atoms with Gasteiger partial charge in [0, 0.05) is 6.54 Å². The number of carbonyl (C=O) groups excluding carboxylic acids is 1. The average molecular weight is 426 g/mol. The summed E-state index contributed by atoms with van der Waals surface area (Å²) in [6, 6.07) is 11.2. The Kier molecular flexibility index (Phi) is 7.69. The number of hydrogen-bond acceptors (Lipinski definition) is 4. The van der Waals surface area contributed by atoms with Gasteiger partial charge in [-0.1, -0.05) is 43.7 Å². The maximum Gasteiger partial charge on any atom is 0.387 e. The van der Waals surface area contributed by atoms with Gasteiger partial charge in [-0.15, -0.1) is 0 Å². The van der Waals surface area contributed by atoms with Crippen molar-refractivity contribution in [3.05, 3.63) is 59.7 Å². The number of ether oxygens (including phenoxy) is 1. The number of nitrogens with one attached hydrogen (secondary N) is 2. The van der Waals surface area contributed by atoms with Crippen molar-refractivity contribution in [1.82, 2.24) is 10.0 Å². The van der Waals surface area contributed by atoms with Crippen LogP contribution in [0.15, 0.2) is 53.4 Å². The number of alkyl halides is 2. The van der Waals surface area contributed by atoms with E-state index in [1.54, 1.807) is 38.1 Å². The summed E-state index contributed by atoms with van der Waals surface area (Å²) < 4.78 is 56.3. The van der Waals surface area contributed by atoms with Gasteiger partial charge >= 0.3 is 6.61 Å². The highest BCUT2D eigenvalue weighted by Gasteiger charge is 2.28. The quantitative estimate of drug-likeness (QED) is 0.645. The fourth-order valence-corrected chi connectivity index (χ4v) is 3.88. The van der Waals surface area contributed by atoms with Crippen molar-refractivity contribution in [3.63, 3.8) is 0 Å². The summed E-state index contributed by atoms with van der Waals surface area (Å²) in [5.74, 6) is -0.762. The van der Waals surface area contributed by atoms with Gasteiger partial charge in [0.2, 0.25) is 15.9 Å². The third-order valence-corrected chi connectivity index (χ3v) is 5.63. The highest BCUT2D eigenvalue weighted by atomic mass is 32.2. The zero-order chi connectivity index (χ0) is 21.6. The molecule has 1 atom stereocenters. The molecule has 0 heterocycles. The van der Waals surface area contributed by atoms with Gasteiger partial charge in [0.1, 0.15) is 11.8 Å². The summed E-state index contributed by atoms with van der Waals surface area (Å²) in [6.07, 6.45) is 0. The molecule has 0 aromatic heterocycles. The normalized spacial score (nSPS) is 12.8. The van der Waals surface area contributed by atoms with Crippen LogP contribution >= 0.6 is 0 Å². The van der Waals surface area contributed by atoms with E-state index in [1.807, 2.05) is 6.92 Å². The largest absolute Gasteiger partial charge is 0.435 e. The van der Waals surface area contributed by atoms with E-state index in [2.05, 4.69) is 14.8 Å². The summed E-state index contributed by atoms with van der Waals surface area (Å²) in [6.45, 7) is 2.52. The molecule has 2 aromatic carbocycles. The van der Waals surface area contributed by atoms with Crippen LogP contribution in [0.3, 0.4) is 0 Å². The fraction of sp³-hybridized carbons (Fsp3) is 0.350. The number of benzene rings is 2. The maximum atomic E-state index is 12.6. The lowest BCUT2D eigenvalue weighted by Gasteiger charge is -2.22. The molecule has 0 aliphatic heterocycles. The van der Waals surface area contributed by atoms with Gasteiger partial charge < -0.3 is 10.1 Å². The molecule has 0 saturated carbocycles. The molecular formula is C20H24F2N2O4S. The van der Waals surface area contributed by atoms with Crippen LogP contribution in [-0.2, 0) is 21.4 Å². The molecular weight excluding hydrogens is 402 g/mol. The number of amides is 1. The molecule has 0 spiro atoms. The van der Waals surface area contributed by atoms with E-state index in [4.69, 9.17) is 0 Å². The lowest BCUT2D eigenvalue weighted by Crippen LogP contribution is -2.49. The Hall–Kier alpha value is -2.52. The monoisotopic (exact) mass is 426 g/mol. The van der Waals surface area contributed by atoms with Crippen LogP contribution in [0.1, 0.15) is 25.0 Å². The topological polar surface area (TPSA) is 84.5 Å². The van der Waals surface area contributed by atoms with Gasteiger partial charge in [-0.2, -0.15) is 13.5 Å². The lowest BCUT2D eigenvalue weighted by molar-refractivity contribution is -0.123. The third-order valence-electron chi connectivity index (χ3n) is 4.18. The molecule has 0 fully saturated rings. The van der Waals surface area contributed by atoms with Crippen molar-refractivity contribution in [2.45, 2.75) is 44.9 Å². The predicted molar refractivity (Wildman–Crippen MR) is 105 cm³/mol. The molecule has 9 heteroatoms. The highest BCUT2D eigenvalue weighted by Crippen LogP contribution is 2.16. The van der Waals surface area contributed by atoms with Crippen LogP contribution in [0.25, 0.3) is 0 Å². The average Bonchev–Trinajstić information content (AvgIpc) is 2.65. The molecule has 29 heavy (non-hydrogen) atoms. The van der Waals surface area contributed by atoms with E-state index in [9.17, 15) is 22.0 Å². The molecule has 0 radical (unpaired) electrons. The van der Waals surface area contributed by atoms with Crippen LogP contribution in [0.4, 0.5) is 8.78 Å². The predicted octanol–water partition coefficient (Wildman–Crippen LogP) is 3.22. The molecule has 0 aliphatic carbocycles. The fourth-order valence-electron chi connectivity index (χ4n) is 2.53. The summed E-state index contributed by atoms with van der Waals surface area (Å²) in [4.78, 5) is 12.7. The number of aryl methyl sites for hydroxylation is 1. The van der Waals surface area contributed by atoms with E-state index < -0.39 is 28.6 Å². The minimum Gasteiger partial charge on any atom is -0.435 e. The number of sulfonamides is 1. The van der Waals surface area contributed by atoms with Crippen molar-refractivity contribution in [2.24, 2.45) is 5.92 Å². The van der Waals surface area contributed by atoms with Crippen molar-refractivity contribution in [1.29, 1.82) is 0 Å². The number of hydrogen-bond donors (Lipinski definition) is 2. The van der Waals surface area contributed by atoms with E-state index >= 15 is 0 Å². The van der Waals surface area contributed by atoms with Gasteiger partial charge in [-0.25, -0.2) is 8.42 Å². The van der Waals surface area contributed by atoms with E-state index in [1.165, 1.54) is 24.3 Å². The SMILES string of the molecule is Cc1ccc(S(=O)(=O)N[C@@H](C(=O)NCc2ccc(OC(F)F)cc2)C(C)C)cc1. The van der Waals surface area contributed by atoms with E-state index in [0.29, 0.717) is 5.56 Å². The van der Waals surface area contributed by atoms with Gasteiger partial charge in [-0.05, 0) is 42.7 Å². The first-order chi connectivity index (χ1) is 13.6. The molecule has 0 saturated heterocycles. The Balaban J connectivity index is 2.03. The van der Waals surface area contributed by atoms with Crippen LogP contribution in [-0.4, -0.2) is 27.0 Å². The first-order valence-electron chi connectivity index (χ1n) is 8.99. The first kappa shape index (κ1) is 22.8. The third kappa shape index (κ3) is 6.79. The molecule has 1 amide bonds. The Morgan fingerprint density at radius 2 is 1.62 bits per heavy atom. The minimum absolute atomic E-state index is 0.0148. The Bertz CT molecular complexity index is 915. The number of carbonyl (C=O) groups is 1. The zero-order valence-electron chi connectivity index (χ0n) is 16.4. The molecule has 0 bridgehead atoms. The standard InChI is InChI=1S/C20H24F2N2O4S/c1-13(2)18(24-29(26,27)17-10-4-14(3)5-11-17)19(25)23-12-15-6-8-16(9-7-15)28-20(21)22/h4-11,13,18,20,24H,12H2,1-3H3,(H,23,25)/t18-/m1/s1. The number of rotatable bonds is 9. The molecule has 2 N–H and O–H groups in total. The highest BCUT2D eigenvalue weighted by molar-refractivity contribution is 7.89. The van der Waals surface area contributed by atoms with Crippen LogP contribution in [0.2, 0.25) is 0 Å². The van der Waals surface area contributed by atoms with Crippen molar-refractivity contribution >= 4 is 15.9 Å². The molecule has 0 unspecified atom stereocenters. The smallest absolute Gasteiger partial charge is 0.387 e. The van der Waals surface area contributed by atoms with E-state index in [0.717, 1.165) is 5.56 Å². The van der Waals surface area contributed by atoms with Crippen molar-refractivity contribution in [2.75, 3.05) is 0 Å². The molecule has 6 nitrogen and oxygen atoms in total. The van der Waals surface area contributed by atoms with Crippen molar-refractivity contribution < 1.29 is 26.7 Å². The Labute approximate surface area is 169 Å². The first-order valence-corrected chi connectivity index (χ1v) is 10.5. The van der Waals surface area contributed by atoms with Gasteiger partial charge in [-0.3, -0.25) is 4.79 Å². The second-order valence-electron chi connectivity index (χ2n) is 6.90. The van der Waals surface area contributed by atoms with Crippen molar-refractivity contribution in [3.8, 4) is 5.75 Å². The summed E-state index contributed by atoms with van der Waals surface area (Å²) in [7, 11) is -3.86. The summed E-state index contributed by atoms with van der Waals surface area (Å²) >= 11 is 0. The molecule has 0 aliphatic rings. The van der Waals surface area contributed by atoms with Crippen LogP contribution in [0.5, 0.6) is 5.75 Å². The van der Waals surface area contributed by atoms with E-state index in [-0.39, 0.29) is 23.1 Å². The number of halogens is 2. The van der Waals surface area contributed by atoms with Gasteiger partial charge in [0.05, 0.1) is 4.90 Å². The Morgan fingerprint density at radius 1 is 1.03 bits per heavy atom. The van der Waals surface area contributed by atoms with Gasteiger partial charge in [0.15, 0.2) is 0 Å². The molecule has 2 aromatic rings. The van der Waals surface area contributed by atoms with Crippen LogP contribution in [0, 0.1) is 12.8 Å². The summed E-state index contributed by atoms with van der Waals surface area (Å²) in [5, 5.41) is 2.67. The second-order valence-corrected chi connectivity index (χ2v) is 8.61.